The van der Waals surface area contributed by atoms with Crippen molar-refractivity contribution in [3.8, 4) is 0 Å². The Morgan fingerprint density at radius 2 is 2.17 bits per heavy atom. The molecule has 1 rings (SSSR count). The van der Waals surface area contributed by atoms with Crippen molar-refractivity contribution in [3.63, 3.8) is 0 Å². The first-order chi connectivity index (χ1) is 5.53. The average molecular weight is 296 g/mol. The fourth-order valence-corrected chi connectivity index (χ4v) is 1.62. The third-order valence-corrected chi connectivity index (χ3v) is 3.60. The van der Waals surface area contributed by atoms with Crippen molar-refractivity contribution in [2.24, 2.45) is 5.41 Å². The minimum atomic E-state index is 0.295. The van der Waals surface area contributed by atoms with Gasteiger partial charge in [-0.2, -0.15) is 0 Å². The molecule has 0 N–H and O–H groups in total. The Hall–Kier alpha value is 0.240. The van der Waals surface area contributed by atoms with Crippen LogP contribution in [0.1, 0.15) is 19.4 Å². The van der Waals surface area contributed by atoms with Crippen LogP contribution in [0.4, 0.5) is 0 Å². The van der Waals surface area contributed by atoms with Gasteiger partial charge in [0.15, 0.2) is 4.67 Å². The second-order valence-corrected chi connectivity index (χ2v) is 5.08. The highest BCUT2D eigenvalue weighted by Gasteiger charge is 2.17. The molecule has 0 aromatic carbocycles. The minimum absolute atomic E-state index is 0.295. The fraction of sp³-hybridized carbons (Fsp3) is 0.556. The lowest BCUT2D eigenvalue weighted by Gasteiger charge is -2.19. The molecule has 0 radical (unpaired) electrons. The van der Waals surface area contributed by atoms with Gasteiger partial charge in [0, 0.05) is 5.33 Å². The van der Waals surface area contributed by atoms with Crippen LogP contribution in [-0.2, 0) is 6.42 Å². The van der Waals surface area contributed by atoms with Crippen LogP contribution in [0.2, 0.25) is 0 Å². The maximum absolute atomic E-state index is 5.16. The van der Waals surface area contributed by atoms with Crippen LogP contribution in [0, 0.1) is 5.41 Å². The molecule has 0 unspecified atom stereocenters. The first-order valence-electron chi connectivity index (χ1n) is 3.82. The van der Waals surface area contributed by atoms with Crippen LogP contribution in [0.5, 0.6) is 0 Å². The smallest absolute Gasteiger partial charge is 0.169 e. The molecule has 0 atom stereocenters. The summed E-state index contributed by atoms with van der Waals surface area (Å²) in [5, 5.41) is 1.00. The monoisotopic (exact) mass is 294 g/mol. The molecule has 68 valence electrons. The van der Waals surface area contributed by atoms with Gasteiger partial charge in [-0.15, -0.1) is 0 Å². The second kappa shape index (κ2) is 3.97. The SMILES string of the molecule is CC(C)(CBr)Cc1coc(Br)c1. The van der Waals surface area contributed by atoms with E-state index in [-0.39, 0.29) is 0 Å². The van der Waals surface area contributed by atoms with Gasteiger partial charge in [0.05, 0.1) is 6.26 Å². The molecule has 0 spiro atoms. The van der Waals surface area contributed by atoms with E-state index in [0.717, 1.165) is 16.4 Å². The Bertz CT molecular complexity index is 253. The molecule has 0 aliphatic carbocycles. The van der Waals surface area contributed by atoms with Crippen LogP contribution in [0.15, 0.2) is 21.4 Å². The predicted molar refractivity (Wildman–Crippen MR) is 57.7 cm³/mol. The molecule has 1 nitrogen and oxygen atoms in total. The Morgan fingerprint density at radius 3 is 2.58 bits per heavy atom. The van der Waals surface area contributed by atoms with Crippen LogP contribution in [0.3, 0.4) is 0 Å². The number of hydrogen-bond acceptors (Lipinski definition) is 1. The topological polar surface area (TPSA) is 13.1 Å². The zero-order valence-electron chi connectivity index (χ0n) is 7.23. The molecular weight excluding hydrogens is 284 g/mol. The zero-order chi connectivity index (χ0) is 9.19. The van der Waals surface area contributed by atoms with Gasteiger partial charge in [0.25, 0.3) is 0 Å². The van der Waals surface area contributed by atoms with Crippen molar-refractivity contribution in [3.05, 3.63) is 22.6 Å². The highest BCUT2D eigenvalue weighted by Crippen LogP contribution is 2.26. The van der Waals surface area contributed by atoms with E-state index in [1.54, 1.807) is 6.26 Å². The highest BCUT2D eigenvalue weighted by molar-refractivity contribution is 9.10. The Kier molecular flexibility index (Phi) is 3.41. The van der Waals surface area contributed by atoms with Crippen LogP contribution >= 0.6 is 31.9 Å². The molecular formula is C9H12Br2O. The molecule has 1 aromatic rings. The van der Waals surface area contributed by atoms with E-state index in [2.05, 4.69) is 45.7 Å². The number of alkyl halides is 1. The summed E-state index contributed by atoms with van der Waals surface area (Å²) in [6.07, 6.45) is 2.84. The maximum atomic E-state index is 5.16. The van der Waals surface area contributed by atoms with Gasteiger partial charge < -0.3 is 4.42 Å². The predicted octanol–water partition coefficient (Wildman–Crippen LogP) is 4.01. The van der Waals surface area contributed by atoms with Crippen molar-refractivity contribution in [2.75, 3.05) is 5.33 Å². The summed E-state index contributed by atoms with van der Waals surface area (Å²) < 4.78 is 5.96. The van der Waals surface area contributed by atoms with Crippen LogP contribution < -0.4 is 0 Å². The third-order valence-electron chi connectivity index (χ3n) is 1.67. The summed E-state index contributed by atoms with van der Waals surface area (Å²) >= 11 is 6.78. The van der Waals surface area contributed by atoms with Crippen LogP contribution in [-0.4, -0.2) is 5.33 Å². The van der Waals surface area contributed by atoms with Crippen molar-refractivity contribution in [2.45, 2.75) is 20.3 Å². The molecule has 0 fully saturated rings. The second-order valence-electron chi connectivity index (χ2n) is 3.73. The van der Waals surface area contributed by atoms with Gasteiger partial charge in [-0.05, 0) is 39.4 Å². The standard InChI is InChI=1S/C9H12Br2O/c1-9(2,6-10)4-7-3-8(11)12-5-7/h3,5H,4,6H2,1-2H3. The maximum Gasteiger partial charge on any atom is 0.169 e. The van der Waals surface area contributed by atoms with Crippen molar-refractivity contribution >= 4 is 31.9 Å². The Balaban J connectivity index is 2.63. The first kappa shape index (κ1) is 10.3. The Labute approximate surface area is 89.8 Å². The zero-order valence-corrected chi connectivity index (χ0v) is 10.4. The van der Waals surface area contributed by atoms with Gasteiger partial charge in [0.1, 0.15) is 0 Å². The molecule has 0 saturated carbocycles. The number of furan rings is 1. The summed E-state index contributed by atoms with van der Waals surface area (Å²) in [5.41, 5.74) is 1.54. The molecule has 0 bridgehead atoms. The van der Waals surface area contributed by atoms with Gasteiger partial charge in [-0.3, -0.25) is 0 Å². The molecule has 0 amide bonds. The van der Waals surface area contributed by atoms with Gasteiger partial charge in [-0.1, -0.05) is 29.8 Å². The summed E-state index contributed by atoms with van der Waals surface area (Å²) in [5.74, 6) is 0. The number of halogens is 2. The molecule has 0 aliphatic heterocycles. The molecule has 0 saturated heterocycles. The largest absolute Gasteiger partial charge is 0.457 e. The van der Waals surface area contributed by atoms with E-state index >= 15 is 0 Å². The highest BCUT2D eigenvalue weighted by atomic mass is 79.9. The quantitative estimate of drug-likeness (QED) is 0.768. The summed E-state index contributed by atoms with van der Waals surface area (Å²) in [7, 11) is 0. The number of hydrogen-bond donors (Lipinski definition) is 0. The van der Waals surface area contributed by atoms with Crippen molar-refractivity contribution in [1.82, 2.24) is 0 Å². The molecule has 3 heteroatoms. The van der Waals surface area contributed by atoms with Gasteiger partial charge in [0.2, 0.25) is 0 Å². The summed E-state index contributed by atoms with van der Waals surface area (Å²) in [6, 6.07) is 2.02. The van der Waals surface area contributed by atoms with E-state index in [9.17, 15) is 0 Å². The first-order valence-corrected chi connectivity index (χ1v) is 5.74. The third kappa shape index (κ3) is 2.94. The van der Waals surface area contributed by atoms with Crippen molar-refractivity contribution in [1.29, 1.82) is 0 Å². The normalized spacial score (nSPS) is 12.0. The molecule has 12 heavy (non-hydrogen) atoms. The van der Waals surface area contributed by atoms with Gasteiger partial charge in [-0.25, -0.2) is 0 Å². The fourth-order valence-electron chi connectivity index (χ4n) is 1.04. The van der Waals surface area contributed by atoms with Gasteiger partial charge >= 0.3 is 0 Å². The lowest BCUT2D eigenvalue weighted by atomic mass is 9.89. The van der Waals surface area contributed by atoms with Crippen molar-refractivity contribution < 1.29 is 4.42 Å². The lowest BCUT2D eigenvalue weighted by molar-refractivity contribution is 0.421. The molecule has 0 aliphatic rings. The van der Waals surface area contributed by atoms with E-state index in [1.165, 1.54) is 5.56 Å². The van der Waals surface area contributed by atoms with E-state index < -0.39 is 0 Å². The lowest BCUT2D eigenvalue weighted by Crippen LogP contribution is -2.15. The summed E-state index contributed by atoms with van der Waals surface area (Å²) in [6.45, 7) is 4.45. The minimum Gasteiger partial charge on any atom is -0.457 e. The van der Waals surface area contributed by atoms with Crippen LogP contribution in [0.25, 0.3) is 0 Å². The number of rotatable bonds is 3. The summed E-state index contributed by atoms with van der Waals surface area (Å²) in [4.78, 5) is 0. The Morgan fingerprint density at radius 1 is 1.50 bits per heavy atom. The molecule has 1 aromatic heterocycles. The van der Waals surface area contributed by atoms with E-state index in [4.69, 9.17) is 4.42 Å². The molecule has 1 heterocycles. The van der Waals surface area contributed by atoms with E-state index in [0.29, 0.717) is 5.41 Å². The average Bonchev–Trinajstić information content (AvgIpc) is 2.35. The van der Waals surface area contributed by atoms with E-state index in [1.807, 2.05) is 6.07 Å².